The summed E-state index contributed by atoms with van der Waals surface area (Å²) in [6, 6.07) is 12.0. The molecule has 26 heavy (non-hydrogen) atoms. The summed E-state index contributed by atoms with van der Waals surface area (Å²) in [5, 5.41) is 18.9. The van der Waals surface area contributed by atoms with Crippen LogP contribution >= 0.6 is 0 Å². The van der Waals surface area contributed by atoms with Crippen molar-refractivity contribution in [2.75, 3.05) is 12.3 Å². The predicted octanol–water partition coefficient (Wildman–Crippen LogP) is 3.92. The number of nitrogens with two attached hydrogens (primary N) is 1. The highest BCUT2D eigenvalue weighted by Gasteiger charge is 2.12. The Kier molecular flexibility index (Phi) is 4.84. The molecule has 0 aliphatic rings. The Morgan fingerprint density at radius 1 is 1.15 bits per heavy atom. The number of hydrogen-bond acceptors (Lipinski definition) is 4. The number of aromatic hydroxyl groups is 1. The molecule has 0 aliphatic heterocycles. The van der Waals surface area contributed by atoms with Gasteiger partial charge in [0.25, 0.3) is 0 Å². The van der Waals surface area contributed by atoms with Crippen molar-refractivity contribution < 1.29 is 19.7 Å². The molecule has 0 fully saturated rings. The predicted molar refractivity (Wildman–Crippen MR) is 100 cm³/mol. The molecule has 6 nitrogen and oxygen atoms in total. The highest BCUT2D eigenvalue weighted by molar-refractivity contribution is 5.91. The number of nitrogens with zero attached hydrogens (tertiary/aromatic N) is 1. The van der Waals surface area contributed by atoms with Crippen LogP contribution < -0.4 is 10.5 Å². The van der Waals surface area contributed by atoms with Crippen LogP contribution in [0.2, 0.25) is 0 Å². The van der Waals surface area contributed by atoms with Crippen molar-refractivity contribution in [3.8, 4) is 28.3 Å². The van der Waals surface area contributed by atoms with E-state index in [0.29, 0.717) is 18.0 Å². The first-order valence-electron chi connectivity index (χ1n) is 8.27. The first-order valence-corrected chi connectivity index (χ1v) is 8.27. The largest absolute Gasteiger partial charge is 0.507 e. The molecule has 0 aliphatic carbocycles. The summed E-state index contributed by atoms with van der Waals surface area (Å²) in [4.78, 5) is 11.0. The highest BCUT2D eigenvalue weighted by Crippen LogP contribution is 2.31. The van der Waals surface area contributed by atoms with E-state index in [1.807, 2.05) is 30.5 Å². The zero-order valence-corrected chi connectivity index (χ0v) is 14.3. The number of aromatic nitrogens is 1. The first kappa shape index (κ1) is 17.4. The van der Waals surface area contributed by atoms with Crippen molar-refractivity contribution in [2.24, 2.45) is 0 Å². The third-order valence-corrected chi connectivity index (χ3v) is 4.01. The van der Waals surface area contributed by atoms with Crippen molar-refractivity contribution in [3.05, 3.63) is 60.4 Å². The average Bonchev–Trinajstić information content (AvgIpc) is 3.02. The summed E-state index contributed by atoms with van der Waals surface area (Å²) in [5.74, 6) is -0.656. The molecule has 0 unspecified atom stereocenters. The Labute approximate surface area is 151 Å². The van der Waals surface area contributed by atoms with Crippen molar-refractivity contribution >= 4 is 11.7 Å². The van der Waals surface area contributed by atoms with Gasteiger partial charge in [0.1, 0.15) is 17.1 Å². The van der Waals surface area contributed by atoms with E-state index >= 15 is 0 Å². The summed E-state index contributed by atoms with van der Waals surface area (Å²) in [6.45, 7) is 2.73. The van der Waals surface area contributed by atoms with E-state index in [2.05, 4.69) is 6.92 Å². The zero-order chi connectivity index (χ0) is 18.7. The van der Waals surface area contributed by atoms with Gasteiger partial charge in [0.15, 0.2) is 0 Å². The van der Waals surface area contributed by atoms with Gasteiger partial charge in [-0.2, -0.15) is 0 Å². The van der Waals surface area contributed by atoms with Crippen molar-refractivity contribution in [2.45, 2.75) is 13.3 Å². The number of aromatic carboxylic acids is 1. The summed E-state index contributed by atoms with van der Waals surface area (Å²) in [7, 11) is 0. The Morgan fingerprint density at radius 2 is 1.88 bits per heavy atom. The molecule has 0 atom stereocenters. The summed E-state index contributed by atoms with van der Waals surface area (Å²) < 4.78 is 7.33. The van der Waals surface area contributed by atoms with Gasteiger partial charge in [-0.25, -0.2) is 4.79 Å². The lowest BCUT2D eigenvalue weighted by molar-refractivity contribution is 0.0693. The number of rotatable bonds is 6. The Bertz CT molecular complexity index is 929. The molecular weight excluding hydrogens is 332 g/mol. The maximum atomic E-state index is 11.0. The average molecular weight is 352 g/mol. The minimum Gasteiger partial charge on any atom is -0.507 e. The van der Waals surface area contributed by atoms with E-state index in [4.69, 9.17) is 15.6 Å². The van der Waals surface area contributed by atoms with Crippen LogP contribution in [0.3, 0.4) is 0 Å². The molecule has 3 aromatic rings. The molecule has 3 rings (SSSR count). The van der Waals surface area contributed by atoms with Crippen LogP contribution in [-0.2, 0) is 0 Å². The van der Waals surface area contributed by atoms with Crippen LogP contribution in [0.25, 0.3) is 16.8 Å². The Morgan fingerprint density at radius 3 is 2.50 bits per heavy atom. The summed E-state index contributed by atoms with van der Waals surface area (Å²) in [5.41, 5.74) is 8.97. The van der Waals surface area contributed by atoms with E-state index in [1.54, 1.807) is 16.8 Å². The molecule has 134 valence electrons. The fourth-order valence-electron chi connectivity index (χ4n) is 2.67. The molecule has 1 heterocycles. The van der Waals surface area contributed by atoms with Gasteiger partial charge in [-0.15, -0.1) is 0 Å². The van der Waals surface area contributed by atoms with E-state index < -0.39 is 5.97 Å². The van der Waals surface area contributed by atoms with Crippen LogP contribution in [0.15, 0.2) is 54.9 Å². The van der Waals surface area contributed by atoms with Gasteiger partial charge in [0.05, 0.1) is 12.3 Å². The third-order valence-electron chi connectivity index (χ3n) is 4.01. The number of carboxylic acids is 1. The molecule has 0 saturated heterocycles. The van der Waals surface area contributed by atoms with Crippen LogP contribution in [0.1, 0.15) is 23.7 Å². The molecule has 0 bridgehead atoms. The number of benzene rings is 2. The van der Waals surface area contributed by atoms with E-state index in [0.717, 1.165) is 23.3 Å². The monoisotopic (exact) mass is 352 g/mol. The zero-order valence-electron chi connectivity index (χ0n) is 14.3. The molecule has 0 amide bonds. The fourth-order valence-corrected chi connectivity index (χ4v) is 2.67. The van der Waals surface area contributed by atoms with E-state index in [9.17, 15) is 9.90 Å². The number of hydrogen-bond donors (Lipinski definition) is 3. The van der Waals surface area contributed by atoms with Crippen molar-refractivity contribution in [3.63, 3.8) is 0 Å². The van der Waals surface area contributed by atoms with Crippen molar-refractivity contribution in [1.82, 2.24) is 4.57 Å². The lowest BCUT2D eigenvalue weighted by Gasteiger charge is -2.06. The second-order valence-electron chi connectivity index (χ2n) is 5.91. The van der Waals surface area contributed by atoms with Gasteiger partial charge in [-0.3, -0.25) is 0 Å². The molecule has 0 radical (unpaired) electrons. The molecule has 0 saturated carbocycles. The minimum atomic E-state index is -1.17. The smallest absolute Gasteiger partial charge is 0.339 e. The molecular formula is C20H20N2O4. The quantitative estimate of drug-likeness (QED) is 0.625. The highest BCUT2D eigenvalue weighted by atomic mass is 16.5. The standard InChI is InChI=1S/C20H20N2O4/c1-2-9-26-15-6-3-13(4-7-15)17-11-22(12-18(17)21)14-5-8-16(20(24)25)19(23)10-14/h3-8,10-12,23H,2,9,21H2,1H3,(H,24,25). The molecule has 2 aromatic carbocycles. The lowest BCUT2D eigenvalue weighted by Crippen LogP contribution is -1.98. The van der Waals surface area contributed by atoms with Crippen LogP contribution in [0.4, 0.5) is 5.69 Å². The number of phenols is 1. The third kappa shape index (κ3) is 3.49. The van der Waals surface area contributed by atoms with Gasteiger partial charge in [0, 0.05) is 29.7 Å². The van der Waals surface area contributed by atoms with Gasteiger partial charge in [0.2, 0.25) is 0 Å². The maximum absolute atomic E-state index is 11.0. The first-order chi connectivity index (χ1) is 12.5. The lowest BCUT2D eigenvalue weighted by atomic mass is 10.1. The SMILES string of the molecule is CCCOc1ccc(-c2cn(-c3ccc(C(=O)O)c(O)c3)cc2N)cc1. The van der Waals surface area contributed by atoms with Crippen LogP contribution in [-0.4, -0.2) is 27.4 Å². The minimum absolute atomic E-state index is 0.142. The fraction of sp³-hybridized carbons (Fsp3) is 0.150. The van der Waals surface area contributed by atoms with E-state index in [1.165, 1.54) is 12.1 Å². The topological polar surface area (TPSA) is 97.7 Å². The van der Waals surface area contributed by atoms with Crippen molar-refractivity contribution in [1.29, 1.82) is 0 Å². The summed E-state index contributed by atoms with van der Waals surface area (Å²) >= 11 is 0. The number of carboxylic acid groups (broad SMARTS) is 1. The second-order valence-corrected chi connectivity index (χ2v) is 5.91. The van der Waals surface area contributed by atoms with Crippen LogP contribution in [0.5, 0.6) is 11.5 Å². The van der Waals surface area contributed by atoms with E-state index in [-0.39, 0.29) is 11.3 Å². The van der Waals surface area contributed by atoms with Crippen LogP contribution in [0, 0.1) is 0 Å². The normalized spacial score (nSPS) is 10.7. The van der Waals surface area contributed by atoms with Gasteiger partial charge < -0.3 is 25.3 Å². The second kappa shape index (κ2) is 7.23. The number of nitrogen functional groups attached to an aromatic ring is 1. The summed E-state index contributed by atoms with van der Waals surface area (Å²) in [6.07, 6.45) is 4.52. The Balaban J connectivity index is 1.89. The molecule has 4 N–H and O–H groups in total. The molecule has 0 spiro atoms. The van der Waals surface area contributed by atoms with Gasteiger partial charge in [-0.1, -0.05) is 19.1 Å². The Hall–Kier alpha value is -3.41. The maximum Gasteiger partial charge on any atom is 0.339 e. The number of carbonyl (C=O) groups is 1. The molecule has 6 heteroatoms. The number of anilines is 1. The van der Waals surface area contributed by atoms with Gasteiger partial charge >= 0.3 is 5.97 Å². The number of ether oxygens (including phenoxy) is 1. The van der Waals surface area contributed by atoms with Gasteiger partial charge in [-0.05, 0) is 36.2 Å². The molecule has 1 aromatic heterocycles.